The summed E-state index contributed by atoms with van der Waals surface area (Å²) in [5.41, 5.74) is 7.85. The Hall–Kier alpha value is -5.25. The summed E-state index contributed by atoms with van der Waals surface area (Å²) in [5, 5.41) is 54.0. The molecule has 0 spiro atoms. The minimum atomic E-state index is -1.92. The van der Waals surface area contributed by atoms with Gasteiger partial charge in [0.2, 0.25) is 0 Å². The molecule has 0 aromatic heterocycles. The molecular weight excluding hydrogens is 1570 g/mol. The van der Waals surface area contributed by atoms with Gasteiger partial charge in [0.1, 0.15) is 77.0 Å². The second kappa shape index (κ2) is 51.7. The Morgan fingerprint density at radius 3 is 0.795 bits per heavy atom. The number of alkyl halides is 1. The lowest BCUT2D eigenvalue weighted by atomic mass is 10.2. The summed E-state index contributed by atoms with van der Waals surface area (Å²) >= 11 is 3.28. The second-order valence-electron chi connectivity index (χ2n) is 36.7. The SMILES string of the molecule is CC(C)(C)OC(=O)N[C@@H](CCBr)C(=O)OC1CCCC1.CC(C)(C)OC(=O)N[C@@H](CCO)C(=O)OC1CCCC1.CC(C)(C)OC(=O)N[C@@H](CCO[Si](C)(C)C(C)(C)C)C(=O)O.CC(C)(C)OC(=O)N[C@@H](CCO[Si](C)(C)C(C)(C)C)C(=O)OC1CCCC1.CC(C)(C)[Si](C)(C)OCC[C@H](N)C(=O)O.N[C@@H](CCO)C(=O)O. The Labute approximate surface area is 680 Å². The van der Waals surface area contributed by atoms with Crippen molar-refractivity contribution in [2.24, 2.45) is 11.5 Å². The van der Waals surface area contributed by atoms with Crippen molar-refractivity contribution in [3.63, 3.8) is 0 Å². The molecule has 0 aromatic carbocycles. The molecule has 112 heavy (non-hydrogen) atoms. The molecule has 658 valence electrons. The molecular formula is C77H151BrN6O25Si3. The first-order valence-electron chi connectivity index (χ1n) is 39.2. The van der Waals surface area contributed by atoms with Crippen molar-refractivity contribution in [3.8, 4) is 0 Å². The van der Waals surface area contributed by atoms with Crippen LogP contribution in [0.25, 0.3) is 0 Å². The molecule has 3 fully saturated rings. The van der Waals surface area contributed by atoms with Crippen LogP contribution >= 0.6 is 15.9 Å². The number of carboxylic acid groups (broad SMARTS) is 3. The number of hydrogen-bond donors (Lipinski definition) is 11. The molecule has 0 bridgehead atoms. The highest BCUT2D eigenvalue weighted by atomic mass is 79.9. The third kappa shape index (κ3) is 53.8. The summed E-state index contributed by atoms with van der Waals surface area (Å²) < 4.78 is 54.9. The predicted octanol–water partition coefficient (Wildman–Crippen LogP) is 13.6. The maximum Gasteiger partial charge on any atom is 0.408 e. The number of nitrogens with two attached hydrogens (primary N) is 2. The van der Waals surface area contributed by atoms with E-state index in [-0.39, 0.29) is 71.9 Å². The van der Waals surface area contributed by atoms with Gasteiger partial charge in [0.25, 0.3) is 0 Å². The number of carbonyl (C=O) groups is 10. The highest BCUT2D eigenvalue weighted by molar-refractivity contribution is 9.09. The summed E-state index contributed by atoms with van der Waals surface area (Å²) in [7, 11) is -5.59. The minimum Gasteiger partial charge on any atom is -0.480 e. The van der Waals surface area contributed by atoms with E-state index in [0.717, 1.165) is 77.0 Å². The minimum absolute atomic E-state index is 0.000706. The highest BCUT2D eigenvalue weighted by Gasteiger charge is 2.41. The quantitative estimate of drug-likeness (QED) is 0.0133. The molecule has 31 nitrogen and oxygen atoms in total. The number of alkyl carbamates (subject to hydrolysis) is 4. The molecule has 0 unspecified atom stereocenters. The van der Waals surface area contributed by atoms with E-state index >= 15 is 0 Å². The fraction of sp³-hybridized carbons (Fsp3) is 0.870. The number of amides is 4. The van der Waals surface area contributed by atoms with Gasteiger partial charge in [-0.15, -0.1) is 0 Å². The van der Waals surface area contributed by atoms with Crippen LogP contribution in [0.1, 0.15) is 261 Å². The van der Waals surface area contributed by atoms with E-state index in [1.54, 1.807) is 83.1 Å². The molecule has 4 amide bonds. The zero-order valence-electron chi connectivity index (χ0n) is 73.1. The van der Waals surface area contributed by atoms with Crippen LogP contribution in [0.5, 0.6) is 0 Å². The van der Waals surface area contributed by atoms with E-state index in [1.807, 2.05) is 0 Å². The number of aliphatic hydroxyl groups is 2. The van der Waals surface area contributed by atoms with Crippen molar-refractivity contribution in [2.45, 2.75) is 392 Å². The molecule has 0 aromatic rings. The summed E-state index contributed by atoms with van der Waals surface area (Å²) in [6, 6.07) is -5.03. The Morgan fingerprint density at radius 2 is 0.580 bits per heavy atom. The first-order valence-corrected chi connectivity index (χ1v) is 49.1. The van der Waals surface area contributed by atoms with Gasteiger partial charge in [-0.3, -0.25) is 9.59 Å². The third-order valence-electron chi connectivity index (χ3n) is 18.6. The maximum absolute atomic E-state index is 12.6. The molecule has 3 aliphatic carbocycles. The normalized spacial score (nSPS) is 16.3. The maximum atomic E-state index is 12.6. The average Bonchev–Trinajstić information content (AvgIpc) is 1.03. The number of halogens is 1. The Kier molecular flexibility index (Phi) is 51.2. The van der Waals surface area contributed by atoms with E-state index in [4.69, 9.17) is 78.3 Å². The van der Waals surface area contributed by atoms with Gasteiger partial charge >= 0.3 is 60.2 Å². The fourth-order valence-electron chi connectivity index (χ4n) is 9.14. The van der Waals surface area contributed by atoms with Crippen LogP contribution in [0.15, 0.2) is 0 Å². The Morgan fingerprint density at radius 1 is 0.357 bits per heavy atom. The van der Waals surface area contributed by atoms with Crippen LogP contribution in [0, 0.1) is 0 Å². The summed E-state index contributed by atoms with van der Waals surface area (Å²) in [4.78, 5) is 115. The Bertz CT molecular complexity index is 2730. The van der Waals surface area contributed by atoms with Crippen molar-refractivity contribution in [1.82, 2.24) is 21.3 Å². The molecule has 0 aliphatic heterocycles. The number of carboxylic acids is 3. The van der Waals surface area contributed by atoms with E-state index < -0.39 is 138 Å². The standard InChI is InChI=1S/C20H39NO5Si.C15H31NO5Si.C14H24BrNO4.C14H25NO5.C10H23NO3Si.C4H9NO3/c1-19(2,3)26-18(23)21-16(17(22)25-15-11-9-10-12-15)13-14-24-27(7,8)20(4,5)6;1-14(2,3)21-13(19)16-11(12(17)18)9-10-20-22(7,8)15(4,5)6;1-14(2,3)20-13(18)16-11(8-9-15)12(17)19-10-6-4-5-7-10;1-14(2,3)20-13(18)15-11(8-9-16)12(17)19-10-6-4-5-7-10;1-10(2,3)15(4,5)14-7-6-8(11)9(12)13;5-3(1-2-6)4(7)8/h15-16H,9-14H2,1-8H3,(H,21,23);11H,9-10H2,1-8H3,(H,16,19)(H,17,18);10-11H,4-9H2,1-3H3,(H,16,18);10-11,16H,4-9H2,1-3H3,(H,15,18);8H,6-7,11H2,1-5H3,(H,12,13);3,6H,1-2,5H2,(H,7,8)/t16-;3*11-;8-;3-/m000000/s1. The largest absolute Gasteiger partial charge is 0.480 e. The number of aliphatic hydroxyl groups excluding tert-OH is 2. The van der Waals surface area contributed by atoms with E-state index in [0.29, 0.717) is 44.4 Å². The molecule has 0 heterocycles. The monoisotopic (exact) mass is 1720 g/mol. The van der Waals surface area contributed by atoms with Crippen molar-refractivity contribution >= 4 is 101 Å². The number of esters is 3. The number of carbonyl (C=O) groups excluding carboxylic acids is 7. The molecule has 6 atom stereocenters. The van der Waals surface area contributed by atoms with E-state index in [9.17, 15) is 53.1 Å². The van der Waals surface area contributed by atoms with Gasteiger partial charge in [-0.2, -0.15) is 0 Å². The first kappa shape index (κ1) is 111. The van der Waals surface area contributed by atoms with Crippen LogP contribution in [0.4, 0.5) is 19.2 Å². The van der Waals surface area contributed by atoms with Crippen molar-refractivity contribution in [1.29, 1.82) is 0 Å². The number of hydrogen-bond acceptors (Lipinski definition) is 24. The predicted molar refractivity (Wildman–Crippen MR) is 442 cm³/mol. The van der Waals surface area contributed by atoms with Crippen LogP contribution < -0.4 is 32.7 Å². The van der Waals surface area contributed by atoms with Crippen molar-refractivity contribution in [3.05, 3.63) is 0 Å². The second-order valence-corrected chi connectivity index (χ2v) is 52.0. The summed E-state index contributed by atoms with van der Waals surface area (Å²) in [5.74, 6) is -4.40. The number of nitrogens with one attached hydrogen (secondary N) is 4. The third-order valence-corrected chi connectivity index (χ3v) is 32.7. The van der Waals surface area contributed by atoms with Crippen molar-refractivity contribution < 1.29 is 120 Å². The molecule has 3 rings (SSSR count). The molecule has 35 heteroatoms. The van der Waals surface area contributed by atoms with Crippen molar-refractivity contribution in [2.75, 3.05) is 38.4 Å². The van der Waals surface area contributed by atoms with Gasteiger partial charge in [0, 0.05) is 57.6 Å². The van der Waals surface area contributed by atoms with Gasteiger partial charge < -0.3 is 105 Å². The van der Waals surface area contributed by atoms with Gasteiger partial charge in [-0.05, 0) is 234 Å². The lowest BCUT2D eigenvalue weighted by Gasteiger charge is -2.36. The first-order chi connectivity index (χ1) is 50.8. The van der Waals surface area contributed by atoms with Crippen LogP contribution in [-0.4, -0.2) is 226 Å². The molecule has 0 radical (unpaired) electrons. The van der Waals surface area contributed by atoms with E-state index in [2.05, 4.69) is 139 Å². The van der Waals surface area contributed by atoms with Gasteiger partial charge in [-0.25, -0.2) is 38.4 Å². The molecule has 3 saturated carbocycles. The van der Waals surface area contributed by atoms with Crippen LogP contribution in [0.2, 0.25) is 54.4 Å². The lowest BCUT2D eigenvalue weighted by molar-refractivity contribution is -0.152. The average molecular weight is 1730 g/mol. The summed E-state index contributed by atoms with van der Waals surface area (Å²) in [6.07, 6.45) is 10.8. The molecule has 0 saturated heterocycles. The number of ether oxygens (including phenoxy) is 7. The highest BCUT2D eigenvalue weighted by Crippen LogP contribution is 2.39. The fourth-order valence-corrected chi connectivity index (χ4v) is 12.8. The molecule has 3 aliphatic rings. The molecule has 13 N–H and O–H groups in total. The van der Waals surface area contributed by atoms with Gasteiger partial charge in [0.15, 0.2) is 25.0 Å². The van der Waals surface area contributed by atoms with Gasteiger partial charge in [-0.1, -0.05) is 78.2 Å². The zero-order chi connectivity index (χ0) is 87.8. The number of rotatable bonds is 31. The van der Waals surface area contributed by atoms with E-state index in [1.165, 1.54) is 0 Å². The van der Waals surface area contributed by atoms with Crippen LogP contribution in [0.3, 0.4) is 0 Å². The summed E-state index contributed by atoms with van der Waals surface area (Å²) in [6.45, 7) is 54.0. The number of aliphatic carboxylic acids is 3. The zero-order valence-corrected chi connectivity index (χ0v) is 77.7. The smallest absolute Gasteiger partial charge is 0.408 e. The topological polar surface area (TPSA) is 464 Å². The lowest BCUT2D eigenvalue weighted by Crippen LogP contribution is -2.47. The van der Waals surface area contributed by atoms with Gasteiger partial charge in [0.05, 0.1) is 0 Å². The Balaban J connectivity index is -0.00000131. The van der Waals surface area contributed by atoms with Crippen LogP contribution in [-0.2, 0) is 75.2 Å².